The number of carbonyl (C=O) groups is 1. The summed E-state index contributed by atoms with van der Waals surface area (Å²) < 4.78 is 6.85. The summed E-state index contributed by atoms with van der Waals surface area (Å²) in [6.45, 7) is 0. The lowest BCUT2D eigenvalue weighted by Gasteiger charge is -2.07. The van der Waals surface area contributed by atoms with E-state index in [-0.39, 0.29) is 12.2 Å². The molecule has 2 aromatic rings. The molecule has 0 saturated heterocycles. The third-order valence-electron chi connectivity index (χ3n) is 2.79. The molecule has 0 radical (unpaired) electrons. The van der Waals surface area contributed by atoms with Gasteiger partial charge in [0.05, 0.1) is 7.11 Å². The molecule has 0 bridgehead atoms. The van der Waals surface area contributed by atoms with E-state index >= 15 is 0 Å². The van der Waals surface area contributed by atoms with E-state index in [2.05, 4.69) is 31.9 Å². The van der Waals surface area contributed by atoms with Gasteiger partial charge in [0.2, 0.25) is 0 Å². The summed E-state index contributed by atoms with van der Waals surface area (Å²) >= 11 is 12.7. The summed E-state index contributed by atoms with van der Waals surface area (Å²) in [5, 5.41) is 0.535. The Morgan fingerprint density at radius 2 is 1.95 bits per heavy atom. The minimum Gasteiger partial charge on any atom is -0.497 e. The minimum atomic E-state index is 0.00199. The van der Waals surface area contributed by atoms with Gasteiger partial charge in [-0.25, -0.2) is 0 Å². The van der Waals surface area contributed by atoms with E-state index in [4.69, 9.17) is 16.3 Å². The van der Waals surface area contributed by atoms with Crippen LogP contribution in [0.1, 0.15) is 15.9 Å². The van der Waals surface area contributed by atoms with Gasteiger partial charge in [-0.15, -0.1) is 0 Å². The highest BCUT2D eigenvalue weighted by Gasteiger charge is 2.12. The molecule has 0 unspecified atom stereocenters. The van der Waals surface area contributed by atoms with E-state index in [0.29, 0.717) is 10.6 Å². The summed E-state index contributed by atoms with van der Waals surface area (Å²) in [7, 11) is 1.60. The van der Waals surface area contributed by atoms with E-state index in [9.17, 15) is 4.79 Å². The molecular formula is C15H11Br2ClO2. The Morgan fingerprint density at radius 3 is 2.60 bits per heavy atom. The fourth-order valence-corrected chi connectivity index (χ4v) is 3.05. The van der Waals surface area contributed by atoms with Gasteiger partial charge in [0, 0.05) is 26.0 Å². The van der Waals surface area contributed by atoms with Gasteiger partial charge < -0.3 is 4.74 Å². The maximum Gasteiger partial charge on any atom is 0.167 e. The van der Waals surface area contributed by atoms with Crippen molar-refractivity contribution >= 4 is 49.2 Å². The van der Waals surface area contributed by atoms with Crippen molar-refractivity contribution in [3.63, 3.8) is 0 Å². The molecule has 0 N–H and O–H groups in total. The molecule has 2 aromatic carbocycles. The van der Waals surface area contributed by atoms with Gasteiger partial charge in [0.25, 0.3) is 0 Å². The lowest BCUT2D eigenvalue weighted by molar-refractivity contribution is 0.0992. The monoisotopic (exact) mass is 416 g/mol. The Labute approximate surface area is 139 Å². The molecule has 104 valence electrons. The molecular weight excluding hydrogens is 407 g/mol. The van der Waals surface area contributed by atoms with Crippen molar-refractivity contribution in [3.05, 3.63) is 61.5 Å². The summed E-state index contributed by atoms with van der Waals surface area (Å²) in [6, 6.07) is 10.7. The number of rotatable bonds is 4. The highest BCUT2D eigenvalue weighted by atomic mass is 79.9. The molecule has 2 rings (SSSR count). The number of hydrogen-bond acceptors (Lipinski definition) is 2. The highest BCUT2D eigenvalue weighted by molar-refractivity contribution is 9.10. The number of Topliss-reactive ketones (excluding diaryl/α,β-unsaturated/α-hetero) is 1. The second-order valence-electron chi connectivity index (χ2n) is 4.22. The van der Waals surface area contributed by atoms with Gasteiger partial charge >= 0.3 is 0 Å². The number of ketones is 1. The molecule has 0 aliphatic heterocycles. The minimum absolute atomic E-state index is 0.00199. The van der Waals surface area contributed by atoms with Crippen molar-refractivity contribution in [3.8, 4) is 5.75 Å². The molecule has 2 nitrogen and oxygen atoms in total. The van der Waals surface area contributed by atoms with Gasteiger partial charge in [0.1, 0.15) is 5.75 Å². The van der Waals surface area contributed by atoms with Crippen LogP contribution in [0.4, 0.5) is 0 Å². The zero-order chi connectivity index (χ0) is 14.7. The molecule has 0 fully saturated rings. The third-order valence-corrected chi connectivity index (χ3v) is 4.24. The first-order valence-corrected chi connectivity index (χ1v) is 7.77. The maximum absolute atomic E-state index is 12.3. The van der Waals surface area contributed by atoms with Gasteiger partial charge in [0.15, 0.2) is 5.78 Å². The zero-order valence-electron chi connectivity index (χ0n) is 10.6. The van der Waals surface area contributed by atoms with Crippen LogP contribution in [0.3, 0.4) is 0 Å². The smallest absolute Gasteiger partial charge is 0.167 e. The number of hydrogen-bond donors (Lipinski definition) is 0. The third kappa shape index (κ3) is 3.84. The number of methoxy groups -OCH3 is 1. The Bertz CT molecular complexity index is 636. The maximum atomic E-state index is 12.3. The van der Waals surface area contributed by atoms with Crippen LogP contribution in [-0.4, -0.2) is 12.9 Å². The number of carbonyl (C=O) groups excluding carboxylic acids is 1. The summed E-state index contributed by atoms with van der Waals surface area (Å²) in [5.41, 5.74) is 1.46. The summed E-state index contributed by atoms with van der Waals surface area (Å²) in [4.78, 5) is 12.3. The summed E-state index contributed by atoms with van der Waals surface area (Å²) in [6.07, 6.45) is 0.282. The first-order valence-electron chi connectivity index (χ1n) is 5.81. The second-order valence-corrected chi connectivity index (χ2v) is 6.42. The van der Waals surface area contributed by atoms with E-state index in [1.807, 2.05) is 18.2 Å². The van der Waals surface area contributed by atoms with Crippen LogP contribution >= 0.6 is 43.5 Å². The highest BCUT2D eigenvalue weighted by Crippen LogP contribution is 2.25. The molecule has 20 heavy (non-hydrogen) atoms. The molecule has 5 heteroatoms. The largest absolute Gasteiger partial charge is 0.497 e. The predicted molar refractivity (Wildman–Crippen MR) is 87.9 cm³/mol. The fraction of sp³-hybridized carbons (Fsp3) is 0.133. The van der Waals surface area contributed by atoms with Crippen LogP contribution in [0.5, 0.6) is 5.75 Å². The van der Waals surface area contributed by atoms with Crippen molar-refractivity contribution in [2.75, 3.05) is 7.11 Å². The van der Waals surface area contributed by atoms with Gasteiger partial charge in [-0.3, -0.25) is 4.79 Å². The van der Waals surface area contributed by atoms with Gasteiger partial charge in [-0.05, 0) is 42.0 Å². The molecule has 0 aromatic heterocycles. The topological polar surface area (TPSA) is 26.3 Å². The van der Waals surface area contributed by atoms with Crippen molar-refractivity contribution in [1.82, 2.24) is 0 Å². The van der Waals surface area contributed by atoms with E-state index < -0.39 is 0 Å². The van der Waals surface area contributed by atoms with Crippen LogP contribution in [0.15, 0.2) is 45.3 Å². The molecule has 0 atom stereocenters. The molecule has 0 heterocycles. The van der Waals surface area contributed by atoms with Crippen molar-refractivity contribution in [2.24, 2.45) is 0 Å². The van der Waals surface area contributed by atoms with Crippen LogP contribution in [0, 0.1) is 0 Å². The Balaban J connectivity index is 2.27. The van der Waals surface area contributed by atoms with E-state index in [1.54, 1.807) is 25.3 Å². The Kier molecular flexibility index (Phi) is 5.24. The average Bonchev–Trinajstić information content (AvgIpc) is 2.40. The van der Waals surface area contributed by atoms with Crippen LogP contribution in [-0.2, 0) is 6.42 Å². The average molecular weight is 419 g/mol. The SMILES string of the molecule is COc1ccc(Br)c(CC(=O)c2cc(Cl)cc(Br)c2)c1. The molecule has 0 saturated carbocycles. The molecule has 0 aliphatic rings. The first kappa shape index (κ1) is 15.5. The number of benzene rings is 2. The van der Waals surface area contributed by atoms with Crippen LogP contribution < -0.4 is 4.74 Å². The van der Waals surface area contributed by atoms with E-state index in [0.717, 1.165) is 20.3 Å². The fourth-order valence-electron chi connectivity index (χ4n) is 1.80. The second kappa shape index (κ2) is 6.74. The Hall–Kier alpha value is -0.840. The van der Waals surface area contributed by atoms with E-state index in [1.165, 1.54) is 0 Å². The van der Waals surface area contributed by atoms with Gasteiger partial charge in [-0.2, -0.15) is 0 Å². The quantitative estimate of drug-likeness (QED) is 0.630. The Morgan fingerprint density at radius 1 is 1.20 bits per heavy atom. The lowest BCUT2D eigenvalue weighted by Crippen LogP contribution is -2.04. The standard InChI is InChI=1S/C15H11Br2ClO2/c1-20-13-2-3-14(17)9(6-13)7-15(19)10-4-11(16)8-12(18)5-10/h2-6,8H,7H2,1H3. The van der Waals surface area contributed by atoms with Crippen molar-refractivity contribution in [2.45, 2.75) is 6.42 Å². The van der Waals surface area contributed by atoms with Crippen molar-refractivity contribution in [1.29, 1.82) is 0 Å². The van der Waals surface area contributed by atoms with Gasteiger partial charge in [-0.1, -0.05) is 43.5 Å². The molecule has 0 spiro atoms. The number of halogens is 3. The normalized spacial score (nSPS) is 10.4. The van der Waals surface area contributed by atoms with Crippen LogP contribution in [0.25, 0.3) is 0 Å². The first-order chi connectivity index (χ1) is 9.49. The predicted octanol–water partition coefficient (Wildman–Crippen LogP) is 5.30. The molecule has 0 aliphatic carbocycles. The van der Waals surface area contributed by atoms with Crippen molar-refractivity contribution < 1.29 is 9.53 Å². The summed E-state index contributed by atoms with van der Waals surface area (Å²) in [5.74, 6) is 0.727. The number of ether oxygens (including phenoxy) is 1. The zero-order valence-corrected chi connectivity index (χ0v) is 14.5. The molecule has 0 amide bonds. The van der Waals surface area contributed by atoms with Crippen LogP contribution in [0.2, 0.25) is 5.02 Å². The lowest BCUT2D eigenvalue weighted by atomic mass is 10.0.